The molecule has 190 valence electrons. The standard InChI is InChI=1S/C26H33NO7S/c1-33-23-13-9-20(10-14-23)7-4-2-3-5-17-34-24-15-12-22(19-21(24)11-16-26(29)30)27-25(28)8-6-18-35(27,31)32/h9-10,12-15,19H,2-8,11,16-18H2,1H3,(H,29,30). The third-order valence-electron chi connectivity index (χ3n) is 5.96. The number of anilines is 1. The van der Waals surface area contributed by atoms with Gasteiger partial charge in [0.15, 0.2) is 0 Å². The molecule has 3 rings (SSSR count). The lowest BCUT2D eigenvalue weighted by Gasteiger charge is -2.27. The van der Waals surface area contributed by atoms with Gasteiger partial charge in [0.2, 0.25) is 15.9 Å². The molecule has 1 fully saturated rings. The number of sulfonamides is 1. The van der Waals surface area contributed by atoms with E-state index in [1.165, 1.54) is 5.56 Å². The molecular weight excluding hydrogens is 470 g/mol. The maximum atomic E-state index is 12.4. The van der Waals surface area contributed by atoms with E-state index in [4.69, 9.17) is 14.6 Å². The average molecular weight is 504 g/mol. The molecule has 0 aromatic heterocycles. The average Bonchev–Trinajstić information content (AvgIpc) is 2.82. The van der Waals surface area contributed by atoms with E-state index in [1.54, 1.807) is 25.3 Å². The van der Waals surface area contributed by atoms with Crippen LogP contribution in [0.4, 0.5) is 5.69 Å². The number of aryl methyl sites for hydroxylation is 2. The van der Waals surface area contributed by atoms with Gasteiger partial charge in [0, 0.05) is 12.8 Å². The van der Waals surface area contributed by atoms with Crippen molar-refractivity contribution in [3.05, 3.63) is 53.6 Å². The second kappa shape index (κ2) is 12.6. The van der Waals surface area contributed by atoms with E-state index < -0.39 is 21.9 Å². The summed E-state index contributed by atoms with van der Waals surface area (Å²) in [6, 6.07) is 12.8. The van der Waals surface area contributed by atoms with Gasteiger partial charge in [0.1, 0.15) is 11.5 Å². The van der Waals surface area contributed by atoms with Crippen LogP contribution in [-0.2, 0) is 32.5 Å². The van der Waals surface area contributed by atoms with Crippen molar-refractivity contribution >= 4 is 27.6 Å². The molecule has 2 aromatic carbocycles. The summed E-state index contributed by atoms with van der Waals surface area (Å²) in [6.45, 7) is 0.475. The molecule has 1 saturated heterocycles. The maximum Gasteiger partial charge on any atom is 0.303 e. The monoisotopic (exact) mass is 503 g/mol. The number of benzene rings is 2. The molecule has 0 spiro atoms. The largest absolute Gasteiger partial charge is 0.497 e. The van der Waals surface area contributed by atoms with Crippen LogP contribution < -0.4 is 13.8 Å². The number of carboxylic acid groups (broad SMARTS) is 1. The number of amides is 1. The fraction of sp³-hybridized carbons (Fsp3) is 0.462. The zero-order valence-corrected chi connectivity index (χ0v) is 20.9. The van der Waals surface area contributed by atoms with Crippen molar-refractivity contribution in [3.8, 4) is 11.5 Å². The Balaban J connectivity index is 1.53. The highest BCUT2D eigenvalue weighted by Gasteiger charge is 2.33. The number of carbonyl (C=O) groups is 2. The number of nitrogens with zero attached hydrogens (tertiary/aromatic N) is 1. The summed E-state index contributed by atoms with van der Waals surface area (Å²) in [5.41, 5.74) is 2.10. The van der Waals surface area contributed by atoms with Crippen molar-refractivity contribution in [1.82, 2.24) is 0 Å². The Hall–Kier alpha value is -3.07. The lowest BCUT2D eigenvalue weighted by atomic mass is 10.1. The molecule has 0 saturated carbocycles. The summed E-state index contributed by atoms with van der Waals surface area (Å²) < 4.78 is 36.8. The van der Waals surface area contributed by atoms with Crippen molar-refractivity contribution in [2.75, 3.05) is 23.8 Å². The number of carboxylic acids is 1. The number of rotatable bonds is 13. The quantitative estimate of drug-likeness (QED) is 0.405. The van der Waals surface area contributed by atoms with E-state index in [0.29, 0.717) is 24.3 Å². The van der Waals surface area contributed by atoms with E-state index in [0.717, 1.165) is 42.2 Å². The second-order valence-corrected chi connectivity index (χ2v) is 10.6. The number of unbranched alkanes of at least 4 members (excludes halogenated alkanes) is 3. The first-order valence-corrected chi connectivity index (χ1v) is 13.6. The smallest absolute Gasteiger partial charge is 0.303 e. The summed E-state index contributed by atoms with van der Waals surface area (Å²) in [5.74, 6) is -0.135. The molecular formula is C26H33NO7S. The fourth-order valence-electron chi connectivity index (χ4n) is 4.09. The normalized spacial score (nSPS) is 15.1. The molecule has 1 heterocycles. The van der Waals surface area contributed by atoms with E-state index in [1.807, 2.05) is 12.1 Å². The highest BCUT2D eigenvalue weighted by molar-refractivity contribution is 7.93. The molecule has 1 aliphatic heterocycles. The van der Waals surface area contributed by atoms with E-state index in [2.05, 4.69) is 12.1 Å². The molecule has 8 nitrogen and oxygen atoms in total. The maximum absolute atomic E-state index is 12.4. The van der Waals surface area contributed by atoms with Gasteiger partial charge in [-0.15, -0.1) is 0 Å². The van der Waals surface area contributed by atoms with E-state index in [9.17, 15) is 18.0 Å². The molecule has 1 N–H and O–H groups in total. The minimum atomic E-state index is -3.72. The van der Waals surface area contributed by atoms with E-state index >= 15 is 0 Å². The summed E-state index contributed by atoms with van der Waals surface area (Å²) >= 11 is 0. The highest BCUT2D eigenvalue weighted by atomic mass is 32.2. The Kier molecular flexibility index (Phi) is 9.54. The SMILES string of the molecule is COc1ccc(CCCCCCOc2ccc(N3C(=O)CCCS3(=O)=O)cc2CCC(=O)O)cc1. The van der Waals surface area contributed by atoms with Crippen molar-refractivity contribution in [2.45, 2.75) is 57.8 Å². The number of methoxy groups -OCH3 is 1. The molecule has 2 aromatic rings. The van der Waals surface area contributed by atoms with Crippen LogP contribution >= 0.6 is 0 Å². The van der Waals surface area contributed by atoms with Crippen molar-refractivity contribution in [3.63, 3.8) is 0 Å². The lowest BCUT2D eigenvalue weighted by Crippen LogP contribution is -2.42. The predicted octanol–water partition coefficient (Wildman–Crippen LogP) is 4.35. The molecule has 35 heavy (non-hydrogen) atoms. The number of hydrogen-bond acceptors (Lipinski definition) is 6. The predicted molar refractivity (Wildman–Crippen MR) is 134 cm³/mol. The molecule has 0 atom stereocenters. The van der Waals surface area contributed by atoms with Crippen molar-refractivity contribution in [2.24, 2.45) is 0 Å². The number of aliphatic carboxylic acids is 1. The minimum absolute atomic E-state index is 0.0834. The second-order valence-electron chi connectivity index (χ2n) is 8.62. The summed E-state index contributed by atoms with van der Waals surface area (Å²) in [7, 11) is -2.07. The van der Waals surface area contributed by atoms with Crippen LogP contribution in [0.2, 0.25) is 0 Å². The Bertz CT molecular complexity index is 1110. The Labute approximate surface area is 206 Å². The van der Waals surface area contributed by atoms with Crippen molar-refractivity contribution < 1.29 is 32.6 Å². The summed E-state index contributed by atoms with van der Waals surface area (Å²) in [4.78, 5) is 23.4. The summed E-state index contributed by atoms with van der Waals surface area (Å²) in [6.07, 6.45) is 5.53. The first kappa shape index (κ1) is 26.5. The molecule has 0 unspecified atom stereocenters. The first-order valence-electron chi connectivity index (χ1n) is 12.0. The number of ether oxygens (including phenoxy) is 2. The van der Waals surface area contributed by atoms with Gasteiger partial charge in [-0.05, 0) is 73.6 Å². The first-order chi connectivity index (χ1) is 16.8. The van der Waals surface area contributed by atoms with Gasteiger partial charge >= 0.3 is 5.97 Å². The van der Waals surface area contributed by atoms with E-state index in [-0.39, 0.29) is 30.7 Å². The number of hydrogen-bond donors (Lipinski definition) is 1. The van der Waals surface area contributed by atoms with Crippen LogP contribution in [0.1, 0.15) is 56.1 Å². The van der Waals surface area contributed by atoms with Crippen LogP contribution in [0.25, 0.3) is 0 Å². The third kappa shape index (κ3) is 7.71. The van der Waals surface area contributed by atoms with Crippen molar-refractivity contribution in [1.29, 1.82) is 0 Å². The molecule has 0 radical (unpaired) electrons. The van der Waals surface area contributed by atoms with Gasteiger partial charge in [0.25, 0.3) is 0 Å². The summed E-state index contributed by atoms with van der Waals surface area (Å²) in [5, 5.41) is 9.11. The van der Waals surface area contributed by atoms with Crippen LogP contribution in [0.5, 0.6) is 11.5 Å². The highest BCUT2D eigenvalue weighted by Crippen LogP contribution is 2.31. The zero-order chi connectivity index (χ0) is 25.3. The minimum Gasteiger partial charge on any atom is -0.497 e. The molecule has 0 aliphatic carbocycles. The van der Waals surface area contributed by atoms with Gasteiger partial charge in [-0.1, -0.05) is 25.0 Å². The fourth-order valence-corrected chi connectivity index (χ4v) is 5.62. The van der Waals surface area contributed by atoms with Gasteiger partial charge in [-0.2, -0.15) is 0 Å². The molecule has 0 bridgehead atoms. The van der Waals surface area contributed by atoms with Gasteiger partial charge in [-0.25, -0.2) is 12.7 Å². The van der Waals surface area contributed by atoms with Gasteiger partial charge < -0.3 is 14.6 Å². The van der Waals surface area contributed by atoms with Crippen LogP contribution in [-0.4, -0.2) is 44.9 Å². The third-order valence-corrected chi connectivity index (χ3v) is 7.74. The Morgan fingerprint density at radius 3 is 2.46 bits per heavy atom. The number of carbonyl (C=O) groups excluding carboxylic acids is 1. The molecule has 1 amide bonds. The lowest BCUT2D eigenvalue weighted by molar-refractivity contribution is -0.137. The van der Waals surface area contributed by atoms with Crippen LogP contribution in [0.3, 0.4) is 0 Å². The zero-order valence-electron chi connectivity index (χ0n) is 20.1. The molecule has 9 heteroatoms. The van der Waals surface area contributed by atoms with Gasteiger partial charge in [0.05, 0.1) is 25.2 Å². The Morgan fingerprint density at radius 2 is 1.77 bits per heavy atom. The van der Waals surface area contributed by atoms with Crippen LogP contribution in [0.15, 0.2) is 42.5 Å². The molecule has 1 aliphatic rings. The Morgan fingerprint density at radius 1 is 1.03 bits per heavy atom. The van der Waals surface area contributed by atoms with Crippen LogP contribution in [0, 0.1) is 0 Å². The topological polar surface area (TPSA) is 110 Å². The van der Waals surface area contributed by atoms with Gasteiger partial charge in [-0.3, -0.25) is 9.59 Å².